The fourth-order valence-corrected chi connectivity index (χ4v) is 3.50. The zero-order valence-electron chi connectivity index (χ0n) is 17.1. The molecule has 1 aromatic heterocycles. The number of nitrogens with two attached hydrogens (primary N) is 1. The van der Waals surface area contributed by atoms with Gasteiger partial charge in [-0.2, -0.15) is 15.0 Å². The third kappa shape index (κ3) is 5.35. The third-order valence-electron chi connectivity index (χ3n) is 5.28. The zero-order chi connectivity index (χ0) is 20.8. The predicted octanol–water partition coefficient (Wildman–Crippen LogP) is 0.997. The summed E-state index contributed by atoms with van der Waals surface area (Å²) in [4.78, 5) is 38.7. The van der Waals surface area contributed by atoms with Crippen LogP contribution in [0.25, 0.3) is 0 Å². The van der Waals surface area contributed by atoms with Gasteiger partial charge in [0, 0.05) is 20.5 Å². The van der Waals surface area contributed by atoms with Crippen molar-refractivity contribution >= 4 is 24.2 Å². The molecule has 0 saturated heterocycles. The highest BCUT2D eigenvalue weighted by Gasteiger charge is 2.35. The molecule has 0 aromatic carbocycles. The maximum absolute atomic E-state index is 13.2. The number of hydrogen-bond acceptors (Lipinski definition) is 8. The summed E-state index contributed by atoms with van der Waals surface area (Å²) in [6, 6.07) is 0. The van der Waals surface area contributed by atoms with Crippen molar-refractivity contribution < 1.29 is 14.8 Å². The van der Waals surface area contributed by atoms with Crippen molar-refractivity contribution in [1.82, 2.24) is 20.0 Å². The lowest BCUT2D eigenvalue weighted by molar-refractivity contribution is -0.156. The first-order valence-electron chi connectivity index (χ1n) is 9.68. The number of nitrogens with zero attached hydrogens (tertiary/aromatic N) is 6. The van der Waals surface area contributed by atoms with Gasteiger partial charge in [0.15, 0.2) is 0 Å². The molecule has 1 aromatic rings. The summed E-state index contributed by atoms with van der Waals surface area (Å²) in [5, 5.41) is 11.1. The second kappa shape index (κ2) is 9.74. The molecule has 1 heterocycles. The Morgan fingerprint density at radius 1 is 1.21 bits per heavy atom. The largest absolute Gasteiger partial charge is 0.347 e. The number of aryl methyl sites for hydroxylation is 1. The maximum Gasteiger partial charge on any atom is 0.252 e. The molecule has 2 rings (SSSR count). The van der Waals surface area contributed by atoms with E-state index >= 15 is 0 Å². The van der Waals surface area contributed by atoms with Crippen molar-refractivity contribution in [1.29, 1.82) is 0 Å². The van der Waals surface area contributed by atoms with E-state index in [9.17, 15) is 14.8 Å². The number of anilines is 2. The molecule has 2 amide bonds. The van der Waals surface area contributed by atoms with Crippen LogP contribution in [0.2, 0.25) is 0 Å². The number of hydroxylamine groups is 2. The molecule has 1 saturated carbocycles. The van der Waals surface area contributed by atoms with Crippen LogP contribution in [0.3, 0.4) is 0 Å². The van der Waals surface area contributed by atoms with Gasteiger partial charge in [0.1, 0.15) is 5.82 Å². The van der Waals surface area contributed by atoms with E-state index < -0.39 is 11.8 Å². The molecule has 28 heavy (non-hydrogen) atoms. The molecule has 156 valence electrons. The molecule has 10 heteroatoms. The smallest absolute Gasteiger partial charge is 0.252 e. The molecular formula is C18H31N7O3. The van der Waals surface area contributed by atoms with Gasteiger partial charge in [-0.25, -0.2) is 15.9 Å². The van der Waals surface area contributed by atoms with E-state index in [2.05, 4.69) is 21.9 Å². The number of amides is 2. The minimum atomic E-state index is -0.627. The average Bonchev–Trinajstić information content (AvgIpc) is 2.70. The number of rotatable bonds is 8. The molecule has 0 bridgehead atoms. The van der Waals surface area contributed by atoms with E-state index in [1.54, 1.807) is 19.0 Å². The van der Waals surface area contributed by atoms with Crippen molar-refractivity contribution in [2.24, 2.45) is 23.6 Å². The van der Waals surface area contributed by atoms with Gasteiger partial charge in [-0.15, -0.1) is 0 Å². The standard InChI is InChI=1S/C18H31N7O3/c1-5-15-20-17(23(3)4)22-18(21-15)25(19)16(27)14(10-24(28)11-26)13-8-6-12(2)7-9-13/h11-14,28H,5-10,19H2,1-4H3. The van der Waals surface area contributed by atoms with Gasteiger partial charge in [-0.05, 0) is 24.7 Å². The van der Waals surface area contributed by atoms with Crippen molar-refractivity contribution in [3.63, 3.8) is 0 Å². The number of aromatic nitrogens is 3. The Morgan fingerprint density at radius 2 is 1.82 bits per heavy atom. The van der Waals surface area contributed by atoms with E-state index in [1.165, 1.54) is 0 Å². The summed E-state index contributed by atoms with van der Waals surface area (Å²) in [6.45, 7) is 3.98. The quantitative estimate of drug-likeness (QED) is 0.220. The lowest BCUT2D eigenvalue weighted by Gasteiger charge is -2.34. The molecule has 3 N–H and O–H groups in total. The van der Waals surface area contributed by atoms with E-state index in [0.717, 1.165) is 30.7 Å². The van der Waals surface area contributed by atoms with Crippen molar-refractivity contribution in [2.75, 3.05) is 30.5 Å². The number of hydrazine groups is 1. The molecule has 0 aliphatic heterocycles. The van der Waals surface area contributed by atoms with Crippen LogP contribution in [0.15, 0.2) is 0 Å². The van der Waals surface area contributed by atoms with Crippen LogP contribution in [0, 0.1) is 17.8 Å². The molecular weight excluding hydrogens is 362 g/mol. The SMILES string of the molecule is CCc1nc(N(C)C)nc(N(N)C(=O)C(CN(O)C=O)C2CCC(C)CC2)n1. The van der Waals surface area contributed by atoms with Crippen LogP contribution in [0.1, 0.15) is 45.4 Å². The highest BCUT2D eigenvalue weighted by Crippen LogP contribution is 2.34. The lowest BCUT2D eigenvalue weighted by atomic mass is 9.76. The molecule has 0 radical (unpaired) electrons. The highest BCUT2D eigenvalue weighted by atomic mass is 16.5. The number of carbonyl (C=O) groups is 2. The minimum Gasteiger partial charge on any atom is -0.347 e. The molecule has 10 nitrogen and oxygen atoms in total. The zero-order valence-corrected chi connectivity index (χ0v) is 17.1. The fraction of sp³-hybridized carbons (Fsp3) is 0.722. The Balaban J connectivity index is 2.29. The van der Waals surface area contributed by atoms with Crippen LogP contribution >= 0.6 is 0 Å². The Kier molecular flexibility index (Phi) is 7.64. The second-order valence-electron chi connectivity index (χ2n) is 7.66. The Labute approximate surface area is 165 Å². The van der Waals surface area contributed by atoms with Gasteiger partial charge in [0.25, 0.3) is 5.95 Å². The summed E-state index contributed by atoms with van der Waals surface area (Å²) < 4.78 is 0. The molecule has 1 aliphatic carbocycles. The van der Waals surface area contributed by atoms with Crippen LogP contribution in [0.4, 0.5) is 11.9 Å². The Bertz CT molecular complexity index is 677. The number of carbonyl (C=O) groups excluding carboxylic acids is 2. The number of hydrogen-bond donors (Lipinski definition) is 2. The van der Waals surface area contributed by atoms with Gasteiger partial charge < -0.3 is 4.90 Å². The first-order chi connectivity index (χ1) is 13.3. The highest BCUT2D eigenvalue weighted by molar-refractivity contribution is 5.92. The van der Waals surface area contributed by atoms with Crippen molar-refractivity contribution in [3.8, 4) is 0 Å². The van der Waals surface area contributed by atoms with Gasteiger partial charge in [0.2, 0.25) is 18.3 Å². The molecule has 1 atom stereocenters. The summed E-state index contributed by atoms with van der Waals surface area (Å²) in [6.07, 6.45) is 4.56. The van der Waals surface area contributed by atoms with E-state index in [-0.39, 0.29) is 18.4 Å². The molecule has 1 fully saturated rings. The van der Waals surface area contributed by atoms with Crippen LogP contribution in [-0.4, -0.2) is 58.2 Å². The predicted molar refractivity (Wildman–Crippen MR) is 104 cm³/mol. The topological polar surface area (TPSA) is 129 Å². The van der Waals surface area contributed by atoms with Crippen molar-refractivity contribution in [3.05, 3.63) is 5.82 Å². The van der Waals surface area contributed by atoms with Gasteiger partial charge in [-0.1, -0.05) is 26.7 Å². The van der Waals surface area contributed by atoms with E-state index in [4.69, 9.17) is 5.84 Å². The summed E-state index contributed by atoms with van der Waals surface area (Å²) >= 11 is 0. The van der Waals surface area contributed by atoms with Gasteiger partial charge in [-0.3, -0.25) is 14.8 Å². The van der Waals surface area contributed by atoms with Crippen LogP contribution in [0.5, 0.6) is 0 Å². The molecule has 1 aliphatic rings. The minimum absolute atomic E-state index is 0.0325. The monoisotopic (exact) mass is 393 g/mol. The molecule has 0 spiro atoms. The van der Waals surface area contributed by atoms with E-state index in [1.807, 2.05) is 6.92 Å². The summed E-state index contributed by atoms with van der Waals surface area (Å²) in [7, 11) is 3.59. The van der Waals surface area contributed by atoms with E-state index in [0.29, 0.717) is 35.6 Å². The second-order valence-corrected chi connectivity index (χ2v) is 7.66. The van der Waals surface area contributed by atoms with Crippen molar-refractivity contribution in [2.45, 2.75) is 46.0 Å². The van der Waals surface area contributed by atoms with Gasteiger partial charge >= 0.3 is 0 Å². The fourth-order valence-electron chi connectivity index (χ4n) is 3.50. The summed E-state index contributed by atoms with van der Waals surface area (Å²) in [5.74, 6) is 6.69. The first kappa shape index (κ1) is 22.0. The average molecular weight is 393 g/mol. The molecule has 1 unspecified atom stereocenters. The third-order valence-corrected chi connectivity index (χ3v) is 5.28. The summed E-state index contributed by atoms with van der Waals surface area (Å²) in [5.41, 5.74) is 0. The Hall–Kier alpha value is -2.33. The Morgan fingerprint density at radius 3 is 2.36 bits per heavy atom. The normalized spacial score (nSPS) is 20.4. The van der Waals surface area contributed by atoms with Crippen LogP contribution in [-0.2, 0) is 16.0 Å². The first-order valence-corrected chi connectivity index (χ1v) is 9.68. The van der Waals surface area contributed by atoms with Crippen LogP contribution < -0.4 is 15.8 Å². The lowest BCUT2D eigenvalue weighted by Crippen LogP contribution is -2.49. The maximum atomic E-state index is 13.2. The van der Waals surface area contributed by atoms with Gasteiger partial charge in [0.05, 0.1) is 12.5 Å².